The monoisotopic (exact) mass is 488 g/mol. The normalized spacial score (nSPS) is 14.8. The molecule has 0 aliphatic carbocycles. The Labute approximate surface area is 206 Å². The summed E-state index contributed by atoms with van der Waals surface area (Å²) in [6, 6.07) is 0. The second-order valence-electron chi connectivity index (χ2n) is 7.72. The summed E-state index contributed by atoms with van der Waals surface area (Å²) in [6.07, 6.45) is 22.7. The van der Waals surface area contributed by atoms with Crippen molar-refractivity contribution in [3.63, 3.8) is 0 Å². The highest BCUT2D eigenvalue weighted by Crippen LogP contribution is 2.48. The maximum atomic E-state index is 16.0. The number of hydrogen-bond donors (Lipinski definition) is 3. The first-order valence-corrected chi connectivity index (χ1v) is 13.3. The zero-order valence-electron chi connectivity index (χ0n) is 21.1. The Balaban J connectivity index is 2.66. The van der Waals surface area contributed by atoms with Crippen molar-refractivity contribution >= 4 is 59.5 Å². The molecule has 0 atom stereocenters. The fourth-order valence-corrected chi connectivity index (χ4v) is 7.50. The molecule has 35 heavy (non-hydrogen) atoms. The summed E-state index contributed by atoms with van der Waals surface area (Å²) in [4.78, 5) is 0. The van der Waals surface area contributed by atoms with Gasteiger partial charge in [-0.25, -0.2) is 0 Å². The molecule has 0 fully saturated rings. The second-order valence-corrected chi connectivity index (χ2v) is 10.3. The van der Waals surface area contributed by atoms with Crippen molar-refractivity contribution in [1.29, 1.82) is 0 Å². The molecule has 3 heterocycles. The predicted molar refractivity (Wildman–Crippen MR) is 151 cm³/mol. The van der Waals surface area contributed by atoms with Gasteiger partial charge in [0, 0.05) is 0 Å². The minimum Gasteiger partial charge on any atom is -0.308 e. The van der Waals surface area contributed by atoms with Crippen molar-refractivity contribution in [2.45, 2.75) is 41.5 Å². The maximum Gasteiger partial charge on any atom is 0.183 e. The van der Waals surface area contributed by atoms with Gasteiger partial charge in [-0.05, 0) is 78.0 Å². The molecule has 3 aromatic rings. The van der Waals surface area contributed by atoms with Gasteiger partial charge in [0.05, 0.1) is 50.1 Å². The highest BCUT2D eigenvalue weighted by Gasteiger charge is 2.43. The molecule has 0 aliphatic heterocycles. The van der Waals surface area contributed by atoms with E-state index >= 15 is 4.57 Å². The first-order chi connectivity index (χ1) is 17.0. The molecular weight excluding hydrogens is 455 g/mol. The van der Waals surface area contributed by atoms with E-state index in [1.165, 1.54) is 0 Å². The zero-order chi connectivity index (χ0) is 25.4. The lowest BCUT2D eigenvalue weighted by Crippen LogP contribution is -2.31. The van der Waals surface area contributed by atoms with Crippen molar-refractivity contribution in [3.8, 4) is 0 Å². The molecular formula is C27H33N6OP. The van der Waals surface area contributed by atoms with Gasteiger partial charge >= 0.3 is 0 Å². The molecule has 3 N–H and O–H groups in total. The van der Waals surface area contributed by atoms with Gasteiger partial charge in [0.25, 0.3) is 0 Å². The molecule has 0 saturated heterocycles. The van der Waals surface area contributed by atoms with E-state index in [9.17, 15) is 0 Å². The lowest BCUT2D eigenvalue weighted by molar-refractivity contribution is 0.592. The summed E-state index contributed by atoms with van der Waals surface area (Å²) >= 11 is 0. The van der Waals surface area contributed by atoms with Crippen molar-refractivity contribution in [2.75, 3.05) is 0 Å². The molecule has 0 unspecified atom stereocenters. The maximum absolute atomic E-state index is 16.0. The third-order valence-electron chi connectivity index (χ3n) is 5.30. The molecule has 0 aromatic carbocycles. The summed E-state index contributed by atoms with van der Waals surface area (Å²) < 4.78 is 16.0. The van der Waals surface area contributed by atoms with E-state index in [4.69, 9.17) is 0 Å². The fraction of sp³-hybridized carbons (Fsp3) is 0.222. The first-order valence-electron chi connectivity index (χ1n) is 11.6. The van der Waals surface area contributed by atoms with Crippen LogP contribution >= 0.6 is 7.14 Å². The lowest BCUT2D eigenvalue weighted by Gasteiger charge is -2.21. The number of rotatable bonds is 9. The zero-order valence-corrected chi connectivity index (χ0v) is 22.0. The average Bonchev–Trinajstić information content (AvgIpc) is 3.54. The number of allylic oxidation sites excluding steroid dienone is 6. The van der Waals surface area contributed by atoms with Crippen LogP contribution in [-0.2, 0) is 4.57 Å². The number of nitrogens with zero attached hydrogens (tertiary/aromatic N) is 3. The van der Waals surface area contributed by atoms with Gasteiger partial charge in [0.2, 0.25) is 0 Å². The van der Waals surface area contributed by atoms with Crippen LogP contribution in [-0.4, -0.2) is 30.6 Å². The molecule has 182 valence electrons. The van der Waals surface area contributed by atoms with E-state index in [-0.39, 0.29) is 0 Å². The largest absolute Gasteiger partial charge is 0.308 e. The van der Waals surface area contributed by atoms with E-state index in [2.05, 4.69) is 30.6 Å². The molecule has 0 aliphatic rings. The Bertz CT molecular complexity index is 1140. The van der Waals surface area contributed by atoms with Crippen LogP contribution in [0.4, 0.5) is 0 Å². The molecule has 0 amide bonds. The third kappa shape index (κ3) is 4.77. The molecule has 0 radical (unpaired) electrons. The van der Waals surface area contributed by atoms with Gasteiger partial charge < -0.3 is 4.57 Å². The number of aromatic amines is 3. The fourth-order valence-electron chi connectivity index (χ4n) is 4.09. The Morgan fingerprint density at radius 3 is 0.971 bits per heavy atom. The molecule has 0 saturated carbocycles. The van der Waals surface area contributed by atoms with Crippen LogP contribution in [0.1, 0.15) is 75.7 Å². The van der Waals surface area contributed by atoms with Gasteiger partial charge in [0.1, 0.15) is 0 Å². The lowest BCUT2D eigenvalue weighted by atomic mass is 10.3. The summed E-state index contributed by atoms with van der Waals surface area (Å²) in [5.41, 5.74) is 3.89. The highest BCUT2D eigenvalue weighted by atomic mass is 31.2. The molecule has 3 rings (SSSR count). The van der Waals surface area contributed by atoms with Crippen molar-refractivity contribution in [3.05, 3.63) is 70.6 Å². The number of aromatic nitrogens is 6. The Morgan fingerprint density at radius 2 is 0.743 bits per heavy atom. The quantitative estimate of drug-likeness (QED) is 0.337. The van der Waals surface area contributed by atoms with Crippen molar-refractivity contribution in [2.24, 2.45) is 0 Å². The number of hydrogen-bond acceptors (Lipinski definition) is 4. The summed E-state index contributed by atoms with van der Waals surface area (Å²) in [7, 11) is -3.63. The van der Waals surface area contributed by atoms with E-state index in [0.29, 0.717) is 50.1 Å². The molecule has 0 spiro atoms. The van der Waals surface area contributed by atoms with Crippen molar-refractivity contribution < 1.29 is 4.57 Å². The van der Waals surface area contributed by atoms with Crippen molar-refractivity contribution in [1.82, 2.24) is 30.6 Å². The Hall–Kier alpha value is -3.70. The van der Waals surface area contributed by atoms with Crippen LogP contribution < -0.4 is 15.9 Å². The second kappa shape index (κ2) is 11.6. The number of nitrogens with one attached hydrogen (secondary N) is 3. The standard InChI is InChI=1S/C27H33N6OP/c1-7-13-19-25(20(14-8-2)29-28-19)35(34,26-21(15-9-3)30-31-22(26)16-10-4)27-23(17-11-5)32-33-24(27)18-12-6/h7-18H,1-6H3,(H,28,29)(H,30,31)(H,32,33). The molecule has 7 nitrogen and oxygen atoms in total. The number of H-pyrrole nitrogens is 3. The predicted octanol–water partition coefficient (Wildman–Crippen LogP) is 5.69. The first kappa shape index (κ1) is 25.9. The van der Waals surface area contributed by atoms with Crippen LogP contribution in [0.25, 0.3) is 36.5 Å². The minimum absolute atomic E-state index is 0.613. The highest BCUT2D eigenvalue weighted by molar-refractivity contribution is 7.86. The Kier molecular flexibility index (Phi) is 8.61. The topological polar surface area (TPSA) is 103 Å². The summed E-state index contributed by atoms with van der Waals surface area (Å²) in [5.74, 6) is 0. The van der Waals surface area contributed by atoms with Crippen LogP contribution in [0.5, 0.6) is 0 Å². The van der Waals surface area contributed by atoms with E-state index in [1.807, 2.05) is 114 Å². The van der Waals surface area contributed by atoms with Gasteiger partial charge in [-0.15, -0.1) is 0 Å². The van der Waals surface area contributed by atoms with Crippen LogP contribution in [0.15, 0.2) is 36.5 Å². The summed E-state index contributed by atoms with van der Waals surface area (Å²) in [5, 5.41) is 24.8. The van der Waals surface area contributed by atoms with Crippen LogP contribution in [0.2, 0.25) is 0 Å². The smallest absolute Gasteiger partial charge is 0.183 e. The molecule has 8 heteroatoms. The Morgan fingerprint density at radius 1 is 0.486 bits per heavy atom. The average molecular weight is 489 g/mol. The third-order valence-corrected chi connectivity index (χ3v) is 8.60. The van der Waals surface area contributed by atoms with Crippen LogP contribution in [0, 0.1) is 0 Å². The van der Waals surface area contributed by atoms with Gasteiger partial charge in [-0.1, -0.05) is 36.5 Å². The van der Waals surface area contributed by atoms with E-state index < -0.39 is 7.14 Å². The van der Waals surface area contributed by atoms with Gasteiger partial charge in [-0.2, -0.15) is 15.3 Å². The van der Waals surface area contributed by atoms with E-state index in [0.717, 1.165) is 0 Å². The molecule has 0 bridgehead atoms. The van der Waals surface area contributed by atoms with Crippen LogP contribution in [0.3, 0.4) is 0 Å². The van der Waals surface area contributed by atoms with Gasteiger partial charge in [0.15, 0.2) is 7.14 Å². The molecule has 3 aromatic heterocycles. The SMILES string of the molecule is CC=Cc1n[nH]c(C=CC)c1P(=O)(c1c(C=CC)n[nH]c1C=CC)c1c(C=CC)n[nH]c1C=CC. The van der Waals surface area contributed by atoms with E-state index in [1.54, 1.807) is 0 Å². The summed E-state index contributed by atoms with van der Waals surface area (Å²) in [6.45, 7) is 11.5. The van der Waals surface area contributed by atoms with Gasteiger partial charge in [-0.3, -0.25) is 15.3 Å². The minimum atomic E-state index is -3.63.